The number of hydrogen-bond donors (Lipinski definition) is 3. The summed E-state index contributed by atoms with van der Waals surface area (Å²) in [7, 11) is 0. The van der Waals surface area contributed by atoms with Crippen molar-refractivity contribution in [3.8, 4) is 0 Å². The van der Waals surface area contributed by atoms with Crippen LogP contribution in [0.2, 0.25) is 0 Å². The largest absolute Gasteiger partial charge is 0.481 e. The molecule has 4 nitrogen and oxygen atoms in total. The summed E-state index contributed by atoms with van der Waals surface area (Å²) < 4.78 is 0. The van der Waals surface area contributed by atoms with Crippen molar-refractivity contribution in [3.05, 3.63) is 0 Å². The number of carbonyl (C=O) groups is 1. The zero-order chi connectivity index (χ0) is 8.43. The summed E-state index contributed by atoms with van der Waals surface area (Å²) in [6.45, 7) is 0. The first-order chi connectivity index (χ1) is 5.13. The predicted molar refractivity (Wildman–Crippen MR) is 40.9 cm³/mol. The molecule has 1 aliphatic carbocycles. The number of rotatable bonds is 1. The SMILES string of the molecule is NC1CCCC(N)C1C(=O)O. The zero-order valence-corrected chi connectivity index (χ0v) is 6.36. The van der Waals surface area contributed by atoms with E-state index in [1.807, 2.05) is 0 Å². The van der Waals surface area contributed by atoms with Crippen molar-refractivity contribution in [2.75, 3.05) is 0 Å². The standard InChI is InChI=1S/C7H14N2O2/c8-4-2-1-3-5(9)6(4)7(10)11/h4-6H,1-3,8-9H2,(H,10,11). The molecule has 0 aromatic heterocycles. The number of nitrogens with two attached hydrogens (primary N) is 2. The highest BCUT2D eigenvalue weighted by Gasteiger charge is 2.34. The van der Waals surface area contributed by atoms with Gasteiger partial charge in [0, 0.05) is 12.1 Å². The molecule has 11 heavy (non-hydrogen) atoms. The van der Waals surface area contributed by atoms with E-state index < -0.39 is 11.9 Å². The fraction of sp³-hybridized carbons (Fsp3) is 0.857. The van der Waals surface area contributed by atoms with Crippen molar-refractivity contribution in [1.29, 1.82) is 0 Å². The normalized spacial score (nSPS) is 38.5. The molecule has 0 heterocycles. The van der Waals surface area contributed by atoms with Crippen molar-refractivity contribution in [2.45, 2.75) is 31.3 Å². The molecule has 2 unspecified atom stereocenters. The number of hydrogen-bond acceptors (Lipinski definition) is 3. The Balaban J connectivity index is 2.62. The average Bonchev–Trinajstić information content (AvgIpc) is 1.85. The van der Waals surface area contributed by atoms with E-state index in [0.717, 1.165) is 19.3 Å². The third kappa shape index (κ3) is 1.70. The maximum atomic E-state index is 10.6. The molecule has 0 saturated heterocycles. The van der Waals surface area contributed by atoms with E-state index in [1.165, 1.54) is 0 Å². The molecule has 64 valence electrons. The lowest BCUT2D eigenvalue weighted by Gasteiger charge is -2.30. The molecule has 1 rings (SSSR count). The first-order valence-electron chi connectivity index (χ1n) is 3.87. The molecule has 0 spiro atoms. The van der Waals surface area contributed by atoms with Crippen LogP contribution in [0.3, 0.4) is 0 Å². The fourth-order valence-electron chi connectivity index (χ4n) is 1.63. The van der Waals surface area contributed by atoms with E-state index in [1.54, 1.807) is 0 Å². The quantitative estimate of drug-likeness (QED) is 0.481. The Morgan fingerprint density at radius 3 is 2.00 bits per heavy atom. The van der Waals surface area contributed by atoms with Gasteiger partial charge in [0.1, 0.15) is 0 Å². The summed E-state index contributed by atoms with van der Waals surface area (Å²) in [4.78, 5) is 10.6. The van der Waals surface area contributed by atoms with Gasteiger partial charge in [-0.05, 0) is 12.8 Å². The second-order valence-corrected chi connectivity index (χ2v) is 3.12. The first kappa shape index (κ1) is 8.49. The van der Waals surface area contributed by atoms with Gasteiger partial charge in [-0.25, -0.2) is 0 Å². The molecule has 1 aliphatic rings. The minimum Gasteiger partial charge on any atom is -0.481 e. The zero-order valence-electron chi connectivity index (χ0n) is 6.36. The highest BCUT2D eigenvalue weighted by atomic mass is 16.4. The molecule has 4 heteroatoms. The molecule has 0 aromatic rings. The van der Waals surface area contributed by atoms with E-state index in [-0.39, 0.29) is 12.1 Å². The van der Waals surface area contributed by atoms with Crippen LogP contribution in [0.4, 0.5) is 0 Å². The molecule has 1 fully saturated rings. The van der Waals surface area contributed by atoms with E-state index in [4.69, 9.17) is 16.6 Å². The van der Waals surface area contributed by atoms with Crippen LogP contribution in [0.5, 0.6) is 0 Å². The minimum atomic E-state index is -0.857. The molecular formula is C7H14N2O2. The Morgan fingerprint density at radius 2 is 1.73 bits per heavy atom. The van der Waals surface area contributed by atoms with Crippen molar-refractivity contribution < 1.29 is 9.90 Å². The summed E-state index contributed by atoms with van der Waals surface area (Å²) >= 11 is 0. The highest BCUT2D eigenvalue weighted by Crippen LogP contribution is 2.21. The lowest BCUT2D eigenvalue weighted by atomic mass is 9.81. The van der Waals surface area contributed by atoms with Crippen LogP contribution in [-0.4, -0.2) is 23.2 Å². The minimum absolute atomic E-state index is 0.253. The van der Waals surface area contributed by atoms with Crippen molar-refractivity contribution >= 4 is 5.97 Å². The van der Waals surface area contributed by atoms with Crippen LogP contribution in [0.1, 0.15) is 19.3 Å². The summed E-state index contributed by atoms with van der Waals surface area (Å²) in [5, 5.41) is 8.72. The Hall–Kier alpha value is -0.610. The van der Waals surface area contributed by atoms with E-state index in [0.29, 0.717) is 0 Å². The van der Waals surface area contributed by atoms with E-state index in [9.17, 15) is 4.79 Å². The topological polar surface area (TPSA) is 89.3 Å². The lowest BCUT2D eigenvalue weighted by molar-refractivity contribution is -0.143. The van der Waals surface area contributed by atoms with Crippen molar-refractivity contribution in [1.82, 2.24) is 0 Å². The van der Waals surface area contributed by atoms with Crippen LogP contribution in [0.25, 0.3) is 0 Å². The van der Waals surface area contributed by atoms with Gasteiger partial charge in [0.2, 0.25) is 0 Å². The average molecular weight is 158 g/mol. The summed E-state index contributed by atoms with van der Waals surface area (Å²) in [6, 6.07) is -0.507. The van der Waals surface area contributed by atoms with Gasteiger partial charge in [-0.1, -0.05) is 6.42 Å². The molecule has 1 saturated carbocycles. The van der Waals surface area contributed by atoms with Crippen LogP contribution in [-0.2, 0) is 4.79 Å². The summed E-state index contributed by atoms with van der Waals surface area (Å²) in [5.74, 6) is -1.39. The molecule has 0 aliphatic heterocycles. The number of carboxylic acid groups (broad SMARTS) is 1. The van der Waals surface area contributed by atoms with E-state index >= 15 is 0 Å². The predicted octanol–water partition coefficient (Wildman–Crippen LogP) is -0.474. The maximum absolute atomic E-state index is 10.6. The van der Waals surface area contributed by atoms with Gasteiger partial charge in [0.05, 0.1) is 5.92 Å². The summed E-state index contributed by atoms with van der Waals surface area (Å²) in [6.07, 6.45) is 2.52. The monoisotopic (exact) mass is 158 g/mol. The third-order valence-electron chi connectivity index (χ3n) is 2.28. The molecule has 0 bridgehead atoms. The number of aliphatic carboxylic acids is 1. The Kier molecular flexibility index (Phi) is 2.46. The van der Waals surface area contributed by atoms with Crippen molar-refractivity contribution in [3.63, 3.8) is 0 Å². The first-order valence-corrected chi connectivity index (χ1v) is 3.87. The Bertz CT molecular complexity index is 151. The smallest absolute Gasteiger partial charge is 0.309 e. The Labute approximate surface area is 65.6 Å². The van der Waals surface area contributed by atoms with Gasteiger partial charge in [-0.2, -0.15) is 0 Å². The Morgan fingerprint density at radius 1 is 1.27 bits per heavy atom. The second-order valence-electron chi connectivity index (χ2n) is 3.12. The van der Waals surface area contributed by atoms with Crippen LogP contribution in [0, 0.1) is 5.92 Å². The molecule has 0 amide bonds. The van der Waals surface area contributed by atoms with E-state index in [2.05, 4.69) is 0 Å². The maximum Gasteiger partial charge on any atom is 0.309 e. The highest BCUT2D eigenvalue weighted by molar-refractivity contribution is 5.72. The summed E-state index contributed by atoms with van der Waals surface area (Å²) in [5.41, 5.74) is 11.2. The fourth-order valence-corrected chi connectivity index (χ4v) is 1.63. The third-order valence-corrected chi connectivity index (χ3v) is 2.28. The van der Waals surface area contributed by atoms with Crippen LogP contribution < -0.4 is 11.5 Å². The van der Waals surface area contributed by atoms with Crippen LogP contribution >= 0.6 is 0 Å². The molecule has 5 N–H and O–H groups in total. The molecular weight excluding hydrogens is 144 g/mol. The molecule has 0 aromatic carbocycles. The second kappa shape index (κ2) is 3.19. The van der Waals surface area contributed by atoms with Gasteiger partial charge in [0.15, 0.2) is 0 Å². The van der Waals surface area contributed by atoms with Gasteiger partial charge < -0.3 is 16.6 Å². The lowest BCUT2D eigenvalue weighted by Crippen LogP contribution is -2.49. The van der Waals surface area contributed by atoms with Gasteiger partial charge in [0.25, 0.3) is 0 Å². The van der Waals surface area contributed by atoms with Gasteiger partial charge in [-0.3, -0.25) is 4.79 Å². The van der Waals surface area contributed by atoms with Gasteiger partial charge >= 0.3 is 5.97 Å². The van der Waals surface area contributed by atoms with Crippen LogP contribution in [0.15, 0.2) is 0 Å². The van der Waals surface area contributed by atoms with Crippen molar-refractivity contribution in [2.24, 2.45) is 17.4 Å². The van der Waals surface area contributed by atoms with Gasteiger partial charge in [-0.15, -0.1) is 0 Å². The number of carboxylic acids is 1. The molecule has 2 atom stereocenters. The molecule has 0 radical (unpaired) electrons.